The number of hydrogen-bond donors (Lipinski definition) is 0. The van der Waals surface area contributed by atoms with Gasteiger partial charge in [0.2, 0.25) is 0 Å². The molecule has 0 aromatic carbocycles. The number of hydrogen-bond acceptors (Lipinski definition) is 2. The lowest BCUT2D eigenvalue weighted by atomic mass is 10.1. The molecule has 0 aromatic rings. The third-order valence-corrected chi connectivity index (χ3v) is 0.571. The summed E-state index contributed by atoms with van der Waals surface area (Å²) in [6.07, 6.45) is -3.36. The number of carbonyl (C=O) groups is 1. The number of carbonyl (C=O) groups excluding carboxylic acids is 1. The summed E-state index contributed by atoms with van der Waals surface area (Å²) in [5.74, 6) is -3.99. The number of rotatable bonds is 3. The van der Waals surface area contributed by atoms with Crippen LogP contribution >= 0.6 is 0 Å². The Morgan fingerprint density at radius 3 is 3.33 bits per heavy atom. The van der Waals surface area contributed by atoms with Crippen molar-refractivity contribution in [2.24, 2.45) is 5.89 Å². The fourth-order valence-electron chi connectivity index (χ4n) is 0.210. The predicted octanol–water partition coefficient (Wildman–Crippen LogP) is 1.60. The average molecular weight is 139 g/mol. The van der Waals surface area contributed by atoms with Crippen molar-refractivity contribution in [1.82, 2.24) is 0 Å². The fraction of sp³-hybridized carbons (Fsp3) is 0.857. The highest BCUT2D eigenvalue weighted by molar-refractivity contribution is 5.65. The first-order valence-electron chi connectivity index (χ1n) is 6.80. The van der Waals surface area contributed by atoms with Crippen LogP contribution in [0.1, 0.15) is 39.3 Å². The van der Waals surface area contributed by atoms with Gasteiger partial charge in [-0.3, -0.25) is 4.79 Å². The first-order chi connectivity index (χ1) is 7.67. The van der Waals surface area contributed by atoms with Crippen LogP contribution in [0.2, 0.25) is 0 Å². The van der Waals surface area contributed by atoms with Gasteiger partial charge >= 0.3 is 5.97 Å². The molecule has 0 aliphatic rings. The normalized spacial score (nSPS) is 35.4. The van der Waals surface area contributed by atoms with Crippen LogP contribution < -0.4 is 0 Å². The molecule has 0 spiro atoms. The van der Waals surface area contributed by atoms with E-state index in [0.717, 1.165) is 6.92 Å². The number of ether oxygens (including phenoxy) is 1. The summed E-state index contributed by atoms with van der Waals surface area (Å²) < 4.78 is 69.2. The van der Waals surface area contributed by atoms with Crippen LogP contribution in [0.3, 0.4) is 0 Å². The highest BCUT2D eigenvalue weighted by atomic mass is 16.5. The molecule has 0 N–H and O–H groups in total. The second kappa shape index (κ2) is 4.36. The Bertz CT molecular complexity index is 318. The van der Waals surface area contributed by atoms with Gasteiger partial charge in [0.15, 0.2) is 0 Å². The zero-order chi connectivity index (χ0) is 15.0. The molecule has 0 fully saturated rings. The van der Waals surface area contributed by atoms with Crippen LogP contribution in [0.5, 0.6) is 0 Å². The van der Waals surface area contributed by atoms with Crippen LogP contribution in [0.4, 0.5) is 0 Å². The fourth-order valence-corrected chi connectivity index (χ4v) is 0.210. The molecule has 0 aromatic heterocycles. The van der Waals surface area contributed by atoms with Crippen LogP contribution in [0.25, 0.3) is 0 Å². The molecule has 2 nitrogen and oxygen atoms in total. The third-order valence-electron chi connectivity index (χ3n) is 0.571. The summed E-state index contributed by atoms with van der Waals surface area (Å²) in [6, 6.07) is 0. The van der Waals surface area contributed by atoms with Gasteiger partial charge in [-0.15, -0.1) is 0 Å². The molecule has 0 saturated heterocycles. The summed E-state index contributed by atoms with van der Waals surface area (Å²) in [6.45, 7) is -6.81. The van der Waals surface area contributed by atoms with Gasteiger partial charge in [0.1, 0.15) is 0 Å². The van der Waals surface area contributed by atoms with Crippen LogP contribution in [0, 0.1) is 5.89 Å². The van der Waals surface area contributed by atoms with Crippen molar-refractivity contribution < 1.29 is 21.9 Å². The SMILES string of the molecule is [2H]C([2H])([2H])C([2H])([2H])C([2H])(COC(C)=O)C([2H])([2H])[2H]. The Morgan fingerprint density at radius 2 is 2.89 bits per heavy atom. The summed E-state index contributed by atoms with van der Waals surface area (Å²) >= 11 is 0. The molecular formula is C7H14O2. The molecule has 0 aliphatic heterocycles. The van der Waals surface area contributed by atoms with Crippen LogP contribution in [0.15, 0.2) is 0 Å². The van der Waals surface area contributed by atoms with Crippen molar-refractivity contribution in [3.05, 3.63) is 0 Å². The lowest BCUT2D eigenvalue weighted by Crippen LogP contribution is -2.07. The molecule has 0 aliphatic carbocycles. The van der Waals surface area contributed by atoms with Crippen molar-refractivity contribution in [3.63, 3.8) is 0 Å². The van der Waals surface area contributed by atoms with E-state index < -0.39 is 38.5 Å². The van der Waals surface area contributed by atoms with Gasteiger partial charge in [-0.25, -0.2) is 0 Å². The minimum absolute atomic E-state index is 0.919. The molecule has 1 atom stereocenters. The highest BCUT2D eigenvalue weighted by Crippen LogP contribution is 1.99. The lowest BCUT2D eigenvalue weighted by Gasteiger charge is -2.06. The lowest BCUT2D eigenvalue weighted by molar-refractivity contribution is -0.142. The molecule has 0 amide bonds. The Labute approximate surface area is 68.8 Å². The van der Waals surface area contributed by atoms with Crippen LogP contribution in [-0.2, 0) is 9.53 Å². The number of esters is 1. The molecule has 2 heteroatoms. The van der Waals surface area contributed by atoms with Crippen molar-refractivity contribution >= 4 is 5.97 Å². The van der Waals surface area contributed by atoms with Gasteiger partial charge in [-0.1, -0.05) is 20.1 Å². The van der Waals surface area contributed by atoms with E-state index in [2.05, 4.69) is 4.74 Å². The molecule has 0 saturated carbocycles. The monoisotopic (exact) mass is 139 g/mol. The summed E-state index contributed by atoms with van der Waals surface area (Å²) in [4.78, 5) is 10.6. The maximum atomic E-state index is 10.6. The third kappa shape index (κ3) is 5.34. The molecular weight excluding hydrogens is 116 g/mol. The van der Waals surface area contributed by atoms with Gasteiger partial charge in [-0.05, 0) is 5.89 Å². The largest absolute Gasteiger partial charge is 0.466 e. The maximum Gasteiger partial charge on any atom is 0.302 e. The van der Waals surface area contributed by atoms with E-state index >= 15 is 0 Å². The summed E-state index contributed by atoms with van der Waals surface area (Å²) in [5, 5.41) is 0. The van der Waals surface area contributed by atoms with Crippen LogP contribution in [-0.4, -0.2) is 12.6 Å². The van der Waals surface area contributed by atoms with E-state index in [1.807, 2.05) is 0 Å². The summed E-state index contributed by atoms with van der Waals surface area (Å²) in [7, 11) is 0. The standard InChI is InChI=1S/C7H14O2/c1-4-6(2)5-9-7(3)8/h6H,4-5H2,1-3H3/i1D3,2D3,4D2,6D. The van der Waals surface area contributed by atoms with E-state index in [4.69, 9.17) is 12.3 Å². The van der Waals surface area contributed by atoms with E-state index in [1.54, 1.807) is 0 Å². The molecule has 0 radical (unpaired) electrons. The minimum atomic E-state index is -3.36. The quantitative estimate of drug-likeness (QED) is 0.555. The highest BCUT2D eigenvalue weighted by Gasteiger charge is 1.99. The molecule has 9 heavy (non-hydrogen) atoms. The van der Waals surface area contributed by atoms with Crippen molar-refractivity contribution in [1.29, 1.82) is 0 Å². The smallest absolute Gasteiger partial charge is 0.302 e. The zero-order valence-corrected chi connectivity index (χ0v) is 5.02. The molecule has 0 heterocycles. The van der Waals surface area contributed by atoms with Gasteiger partial charge in [0, 0.05) is 19.3 Å². The van der Waals surface area contributed by atoms with Gasteiger partial charge in [0.05, 0.1) is 6.61 Å². The van der Waals surface area contributed by atoms with E-state index in [1.165, 1.54) is 0 Å². The minimum Gasteiger partial charge on any atom is -0.466 e. The van der Waals surface area contributed by atoms with E-state index in [9.17, 15) is 4.79 Å². The molecule has 1 unspecified atom stereocenters. The molecule has 0 rings (SSSR count). The van der Waals surface area contributed by atoms with E-state index in [-0.39, 0.29) is 0 Å². The maximum absolute atomic E-state index is 10.6. The van der Waals surface area contributed by atoms with Crippen molar-refractivity contribution in [3.8, 4) is 0 Å². The first kappa shape index (κ1) is 1.74. The topological polar surface area (TPSA) is 26.3 Å². The Hall–Kier alpha value is -0.530. The summed E-state index contributed by atoms with van der Waals surface area (Å²) in [5.41, 5.74) is 0. The van der Waals surface area contributed by atoms with Gasteiger partial charge in [-0.2, -0.15) is 0 Å². The molecule has 0 bridgehead atoms. The Kier molecular flexibility index (Phi) is 0.844. The predicted molar refractivity (Wildman–Crippen MR) is 36.1 cm³/mol. The molecule has 54 valence electrons. The average Bonchev–Trinajstić information content (AvgIpc) is 2.09. The Balaban J connectivity index is 5.56. The zero-order valence-electron chi connectivity index (χ0n) is 14.0. The van der Waals surface area contributed by atoms with Gasteiger partial charge < -0.3 is 4.74 Å². The van der Waals surface area contributed by atoms with E-state index in [0.29, 0.717) is 0 Å². The second-order valence-electron chi connectivity index (χ2n) is 1.38. The Morgan fingerprint density at radius 1 is 2.11 bits per heavy atom. The second-order valence-corrected chi connectivity index (χ2v) is 1.38. The first-order valence-corrected chi connectivity index (χ1v) is 2.30. The van der Waals surface area contributed by atoms with Crippen molar-refractivity contribution in [2.45, 2.75) is 27.0 Å². The van der Waals surface area contributed by atoms with Gasteiger partial charge in [0.25, 0.3) is 0 Å². The van der Waals surface area contributed by atoms with Crippen molar-refractivity contribution in [2.75, 3.05) is 6.61 Å².